The molecule has 1 heterocycles. The van der Waals surface area contributed by atoms with E-state index in [0.717, 1.165) is 17.8 Å². The summed E-state index contributed by atoms with van der Waals surface area (Å²) in [5.74, 6) is 0.163. The standard InChI is InChI=1S/C20H35NOS/c1-2-3-4-5-6-7-8-9-10-11-12-13-16-21-20(22)18-19-15-14-17-23-19/h14-15,17H,2-13,16,18H2,1H3,(H,21,22). The van der Waals surface area contributed by atoms with Crippen LogP contribution >= 0.6 is 11.3 Å². The fourth-order valence-corrected chi connectivity index (χ4v) is 3.53. The lowest BCUT2D eigenvalue weighted by molar-refractivity contribution is -0.120. The van der Waals surface area contributed by atoms with Crippen molar-refractivity contribution < 1.29 is 4.79 Å². The Balaban J connectivity index is 1.77. The Morgan fingerprint density at radius 3 is 2.00 bits per heavy atom. The molecule has 1 rings (SSSR count). The van der Waals surface area contributed by atoms with Gasteiger partial charge in [-0.2, -0.15) is 0 Å². The molecular formula is C20H35NOS. The molecule has 132 valence electrons. The fourth-order valence-electron chi connectivity index (χ4n) is 2.83. The van der Waals surface area contributed by atoms with E-state index in [1.54, 1.807) is 11.3 Å². The molecule has 0 atom stereocenters. The van der Waals surface area contributed by atoms with Gasteiger partial charge in [0.1, 0.15) is 0 Å². The molecule has 0 bridgehead atoms. The summed E-state index contributed by atoms with van der Waals surface area (Å²) >= 11 is 1.65. The SMILES string of the molecule is CCCCCCCCCCCCCCNC(=O)Cc1cccs1. The largest absolute Gasteiger partial charge is 0.356 e. The molecule has 1 N–H and O–H groups in total. The van der Waals surface area contributed by atoms with Gasteiger partial charge in [0, 0.05) is 11.4 Å². The number of unbranched alkanes of at least 4 members (excludes halogenated alkanes) is 11. The number of amides is 1. The molecule has 0 unspecified atom stereocenters. The minimum atomic E-state index is 0.163. The summed E-state index contributed by atoms with van der Waals surface area (Å²) in [5, 5.41) is 5.05. The molecule has 1 amide bonds. The topological polar surface area (TPSA) is 29.1 Å². The minimum absolute atomic E-state index is 0.163. The summed E-state index contributed by atoms with van der Waals surface area (Å²) in [4.78, 5) is 12.9. The van der Waals surface area contributed by atoms with Gasteiger partial charge in [-0.3, -0.25) is 4.79 Å². The maximum atomic E-state index is 11.7. The predicted molar refractivity (Wildman–Crippen MR) is 102 cm³/mol. The fraction of sp³-hybridized carbons (Fsp3) is 0.750. The van der Waals surface area contributed by atoms with Crippen LogP contribution in [0.25, 0.3) is 0 Å². The molecular weight excluding hydrogens is 302 g/mol. The zero-order valence-corrected chi connectivity index (χ0v) is 15.8. The zero-order chi connectivity index (χ0) is 16.6. The van der Waals surface area contributed by atoms with Gasteiger partial charge < -0.3 is 5.32 Å². The number of carbonyl (C=O) groups is 1. The van der Waals surface area contributed by atoms with Crippen molar-refractivity contribution >= 4 is 17.2 Å². The number of rotatable bonds is 15. The highest BCUT2D eigenvalue weighted by Crippen LogP contribution is 2.12. The van der Waals surface area contributed by atoms with Crippen LogP contribution in [0.3, 0.4) is 0 Å². The Morgan fingerprint density at radius 2 is 1.48 bits per heavy atom. The average Bonchev–Trinajstić information content (AvgIpc) is 3.04. The van der Waals surface area contributed by atoms with Crippen molar-refractivity contribution in [1.82, 2.24) is 5.32 Å². The third-order valence-corrected chi connectivity index (χ3v) is 5.14. The van der Waals surface area contributed by atoms with Crippen molar-refractivity contribution in [2.75, 3.05) is 6.54 Å². The maximum Gasteiger partial charge on any atom is 0.225 e. The average molecular weight is 338 g/mol. The van der Waals surface area contributed by atoms with Crippen molar-refractivity contribution in [1.29, 1.82) is 0 Å². The normalized spacial score (nSPS) is 10.8. The van der Waals surface area contributed by atoms with Crippen molar-refractivity contribution in [3.05, 3.63) is 22.4 Å². The minimum Gasteiger partial charge on any atom is -0.356 e. The number of carbonyl (C=O) groups excluding carboxylic acids is 1. The van der Waals surface area contributed by atoms with Gasteiger partial charge in [0.2, 0.25) is 5.91 Å². The van der Waals surface area contributed by atoms with Gasteiger partial charge in [-0.1, -0.05) is 83.6 Å². The molecule has 0 aliphatic rings. The van der Waals surface area contributed by atoms with Gasteiger partial charge in [-0.15, -0.1) is 11.3 Å². The predicted octanol–water partition coefficient (Wildman–Crippen LogP) is 6.11. The van der Waals surface area contributed by atoms with E-state index in [4.69, 9.17) is 0 Å². The molecule has 0 saturated heterocycles. The Bertz CT molecular complexity index is 375. The van der Waals surface area contributed by atoms with E-state index in [1.807, 2.05) is 17.5 Å². The Morgan fingerprint density at radius 1 is 0.913 bits per heavy atom. The smallest absolute Gasteiger partial charge is 0.225 e. The zero-order valence-electron chi connectivity index (χ0n) is 14.9. The first-order chi connectivity index (χ1) is 11.3. The molecule has 0 aliphatic heterocycles. The molecule has 0 radical (unpaired) electrons. The van der Waals surface area contributed by atoms with Crippen molar-refractivity contribution in [3.8, 4) is 0 Å². The van der Waals surface area contributed by atoms with E-state index < -0.39 is 0 Å². The van der Waals surface area contributed by atoms with Crippen LogP contribution < -0.4 is 5.32 Å². The van der Waals surface area contributed by atoms with Crippen LogP contribution in [0.5, 0.6) is 0 Å². The highest BCUT2D eigenvalue weighted by Gasteiger charge is 2.02. The van der Waals surface area contributed by atoms with Crippen LogP contribution in [0.4, 0.5) is 0 Å². The van der Waals surface area contributed by atoms with Gasteiger partial charge >= 0.3 is 0 Å². The summed E-state index contributed by atoms with van der Waals surface area (Å²) in [6.07, 6.45) is 16.8. The number of thiophene rings is 1. The first-order valence-corrected chi connectivity index (χ1v) is 10.5. The van der Waals surface area contributed by atoms with Crippen LogP contribution in [0.2, 0.25) is 0 Å². The lowest BCUT2D eigenvalue weighted by Crippen LogP contribution is -2.25. The van der Waals surface area contributed by atoms with Crippen molar-refractivity contribution in [2.45, 2.75) is 90.4 Å². The van der Waals surface area contributed by atoms with E-state index in [9.17, 15) is 4.79 Å². The third kappa shape index (κ3) is 12.3. The summed E-state index contributed by atoms with van der Waals surface area (Å²) in [7, 11) is 0. The molecule has 1 aromatic rings. The van der Waals surface area contributed by atoms with Crippen LogP contribution in [-0.4, -0.2) is 12.5 Å². The van der Waals surface area contributed by atoms with Gasteiger partial charge in [-0.25, -0.2) is 0 Å². The summed E-state index contributed by atoms with van der Waals surface area (Å²) in [5.41, 5.74) is 0. The highest BCUT2D eigenvalue weighted by molar-refractivity contribution is 7.10. The van der Waals surface area contributed by atoms with Crippen LogP contribution in [0.1, 0.15) is 88.9 Å². The lowest BCUT2D eigenvalue weighted by Gasteiger charge is -2.05. The van der Waals surface area contributed by atoms with Crippen molar-refractivity contribution in [3.63, 3.8) is 0 Å². The second-order valence-corrected chi connectivity index (χ2v) is 7.53. The molecule has 0 fully saturated rings. The Hall–Kier alpha value is -0.830. The van der Waals surface area contributed by atoms with Crippen LogP contribution in [-0.2, 0) is 11.2 Å². The Kier molecular flexibility index (Phi) is 13.0. The molecule has 2 nitrogen and oxygen atoms in total. The molecule has 23 heavy (non-hydrogen) atoms. The second-order valence-electron chi connectivity index (χ2n) is 6.50. The molecule has 1 aromatic heterocycles. The number of nitrogens with one attached hydrogen (secondary N) is 1. The highest BCUT2D eigenvalue weighted by atomic mass is 32.1. The quantitative estimate of drug-likeness (QED) is 0.384. The monoisotopic (exact) mass is 337 g/mol. The summed E-state index contributed by atoms with van der Waals surface area (Å²) < 4.78 is 0. The van der Waals surface area contributed by atoms with Gasteiger partial charge in [-0.05, 0) is 17.9 Å². The lowest BCUT2D eigenvalue weighted by atomic mass is 10.1. The molecule has 0 spiro atoms. The first kappa shape index (κ1) is 20.2. The summed E-state index contributed by atoms with van der Waals surface area (Å²) in [6.45, 7) is 3.11. The van der Waals surface area contributed by atoms with E-state index in [0.29, 0.717) is 6.42 Å². The Labute approximate surface area is 147 Å². The van der Waals surface area contributed by atoms with E-state index in [-0.39, 0.29) is 5.91 Å². The van der Waals surface area contributed by atoms with Gasteiger partial charge in [0.25, 0.3) is 0 Å². The second kappa shape index (κ2) is 14.7. The summed E-state index contributed by atoms with van der Waals surface area (Å²) in [6, 6.07) is 4.02. The molecule has 0 aromatic carbocycles. The first-order valence-electron chi connectivity index (χ1n) is 9.62. The number of hydrogen-bond acceptors (Lipinski definition) is 2. The van der Waals surface area contributed by atoms with E-state index in [1.165, 1.54) is 70.6 Å². The van der Waals surface area contributed by atoms with E-state index >= 15 is 0 Å². The van der Waals surface area contributed by atoms with Crippen LogP contribution in [0, 0.1) is 0 Å². The van der Waals surface area contributed by atoms with Gasteiger partial charge in [0.05, 0.1) is 6.42 Å². The molecule has 0 saturated carbocycles. The maximum absolute atomic E-state index is 11.7. The third-order valence-electron chi connectivity index (χ3n) is 4.27. The van der Waals surface area contributed by atoms with E-state index in [2.05, 4.69) is 12.2 Å². The van der Waals surface area contributed by atoms with Gasteiger partial charge in [0.15, 0.2) is 0 Å². The molecule has 3 heteroatoms. The van der Waals surface area contributed by atoms with Crippen LogP contribution in [0.15, 0.2) is 17.5 Å². The number of hydrogen-bond donors (Lipinski definition) is 1. The van der Waals surface area contributed by atoms with Crippen molar-refractivity contribution in [2.24, 2.45) is 0 Å². The molecule has 0 aliphatic carbocycles.